The quantitative estimate of drug-likeness (QED) is 0.766. The summed E-state index contributed by atoms with van der Waals surface area (Å²) in [5.74, 6) is -1.56. The lowest BCUT2D eigenvalue weighted by molar-refractivity contribution is 0.102. The van der Waals surface area contributed by atoms with Crippen molar-refractivity contribution in [2.24, 2.45) is 10.7 Å². The van der Waals surface area contributed by atoms with Crippen LogP contribution in [0.4, 0.5) is 18.9 Å². The SMILES string of the molecule is C[C@@]1(F)C[C@H](F)[C@@](C)(c2cc(NC(=O)c3ccc(Cl)cc3)ccc2F)N=C1N. The summed E-state index contributed by atoms with van der Waals surface area (Å²) in [6, 6.07) is 9.93. The van der Waals surface area contributed by atoms with Crippen LogP contribution in [0.2, 0.25) is 5.02 Å². The summed E-state index contributed by atoms with van der Waals surface area (Å²) in [5, 5.41) is 3.10. The van der Waals surface area contributed by atoms with Gasteiger partial charge in [0.15, 0.2) is 5.67 Å². The molecule has 148 valence electrons. The summed E-state index contributed by atoms with van der Waals surface area (Å²) < 4.78 is 43.6. The lowest BCUT2D eigenvalue weighted by Gasteiger charge is -2.38. The molecule has 8 heteroatoms. The molecular formula is C20H19ClF3N3O. The van der Waals surface area contributed by atoms with E-state index in [9.17, 15) is 18.0 Å². The number of anilines is 1. The van der Waals surface area contributed by atoms with Crippen LogP contribution in [0.15, 0.2) is 47.5 Å². The highest BCUT2D eigenvalue weighted by Crippen LogP contribution is 2.42. The van der Waals surface area contributed by atoms with Gasteiger partial charge in [-0.2, -0.15) is 0 Å². The van der Waals surface area contributed by atoms with Crippen molar-refractivity contribution in [1.29, 1.82) is 0 Å². The molecule has 0 saturated carbocycles. The zero-order valence-electron chi connectivity index (χ0n) is 15.3. The molecular weight excluding hydrogens is 391 g/mol. The molecule has 0 aromatic heterocycles. The van der Waals surface area contributed by atoms with Crippen LogP contribution < -0.4 is 11.1 Å². The van der Waals surface area contributed by atoms with Gasteiger partial charge in [-0.1, -0.05) is 11.6 Å². The fourth-order valence-electron chi connectivity index (χ4n) is 3.10. The fourth-order valence-corrected chi connectivity index (χ4v) is 3.23. The lowest BCUT2D eigenvalue weighted by atomic mass is 9.79. The molecule has 0 unspecified atom stereocenters. The normalized spacial score (nSPS) is 27.2. The average Bonchev–Trinajstić information content (AvgIpc) is 2.62. The molecule has 4 nitrogen and oxygen atoms in total. The maximum Gasteiger partial charge on any atom is 0.255 e. The number of nitrogens with two attached hydrogens (primary N) is 1. The van der Waals surface area contributed by atoms with Gasteiger partial charge in [0.1, 0.15) is 23.4 Å². The van der Waals surface area contributed by atoms with E-state index >= 15 is 0 Å². The molecule has 1 aliphatic rings. The molecule has 2 aromatic rings. The fraction of sp³-hybridized carbons (Fsp3) is 0.300. The van der Waals surface area contributed by atoms with Crippen molar-refractivity contribution in [3.05, 3.63) is 64.4 Å². The summed E-state index contributed by atoms with van der Waals surface area (Å²) in [4.78, 5) is 16.3. The van der Waals surface area contributed by atoms with E-state index < -0.39 is 35.5 Å². The van der Waals surface area contributed by atoms with E-state index in [2.05, 4.69) is 10.3 Å². The number of amides is 1. The number of nitrogens with zero attached hydrogens (tertiary/aromatic N) is 1. The minimum absolute atomic E-state index is 0.118. The van der Waals surface area contributed by atoms with Crippen LogP contribution >= 0.6 is 11.6 Å². The molecule has 1 amide bonds. The molecule has 0 saturated heterocycles. The number of carbonyl (C=O) groups excluding carboxylic acids is 1. The van der Waals surface area contributed by atoms with Crippen LogP contribution in [0.1, 0.15) is 36.2 Å². The van der Waals surface area contributed by atoms with Gasteiger partial charge in [-0.05, 0) is 56.3 Å². The van der Waals surface area contributed by atoms with E-state index in [1.807, 2.05) is 0 Å². The van der Waals surface area contributed by atoms with Gasteiger partial charge in [0.25, 0.3) is 5.91 Å². The van der Waals surface area contributed by atoms with Crippen molar-refractivity contribution in [3.63, 3.8) is 0 Å². The van der Waals surface area contributed by atoms with E-state index in [1.54, 1.807) is 12.1 Å². The molecule has 3 atom stereocenters. The number of hydrogen-bond donors (Lipinski definition) is 2. The van der Waals surface area contributed by atoms with Gasteiger partial charge in [-0.25, -0.2) is 13.2 Å². The van der Waals surface area contributed by atoms with Crippen molar-refractivity contribution < 1.29 is 18.0 Å². The molecule has 2 aromatic carbocycles. The number of amidine groups is 1. The molecule has 1 aliphatic heterocycles. The Hall–Kier alpha value is -2.54. The average molecular weight is 410 g/mol. The third kappa shape index (κ3) is 3.71. The molecule has 3 rings (SSSR count). The smallest absolute Gasteiger partial charge is 0.255 e. The van der Waals surface area contributed by atoms with E-state index in [1.165, 1.54) is 31.2 Å². The number of rotatable bonds is 3. The third-order valence-corrected chi connectivity index (χ3v) is 5.19. The highest BCUT2D eigenvalue weighted by molar-refractivity contribution is 6.30. The Bertz CT molecular complexity index is 946. The van der Waals surface area contributed by atoms with Gasteiger partial charge in [-0.3, -0.25) is 9.79 Å². The molecule has 0 spiro atoms. The van der Waals surface area contributed by atoms with Crippen molar-refractivity contribution in [2.45, 2.75) is 37.6 Å². The van der Waals surface area contributed by atoms with Crippen molar-refractivity contribution in [2.75, 3.05) is 5.32 Å². The maximum absolute atomic E-state index is 14.8. The minimum Gasteiger partial charge on any atom is -0.385 e. The minimum atomic E-state index is -2.10. The first kappa shape index (κ1) is 20.2. The Balaban J connectivity index is 1.95. The van der Waals surface area contributed by atoms with Crippen molar-refractivity contribution in [3.8, 4) is 0 Å². The molecule has 0 fully saturated rings. The first-order chi connectivity index (χ1) is 13.0. The van der Waals surface area contributed by atoms with E-state index in [0.717, 1.165) is 13.0 Å². The summed E-state index contributed by atoms with van der Waals surface area (Å²) >= 11 is 5.80. The Morgan fingerprint density at radius 1 is 1.25 bits per heavy atom. The standard InChI is InChI=1S/C20H19ClF3N3O/c1-19(24)10-16(23)20(2,27-18(19)25)14-9-13(7-8-15(14)22)26-17(28)11-3-5-12(21)6-4-11/h3-9,16H,10H2,1-2H3,(H2,25,27)(H,26,28)/t16-,19+,20+/m0/s1. The monoisotopic (exact) mass is 409 g/mol. The van der Waals surface area contributed by atoms with Crippen LogP contribution in [0.5, 0.6) is 0 Å². The topological polar surface area (TPSA) is 67.5 Å². The summed E-state index contributed by atoms with van der Waals surface area (Å²) in [7, 11) is 0. The van der Waals surface area contributed by atoms with Crippen molar-refractivity contribution in [1.82, 2.24) is 0 Å². The van der Waals surface area contributed by atoms with Gasteiger partial charge in [0, 0.05) is 28.3 Å². The number of benzene rings is 2. The van der Waals surface area contributed by atoms with Gasteiger partial charge >= 0.3 is 0 Å². The van der Waals surface area contributed by atoms with Crippen LogP contribution in [0, 0.1) is 5.82 Å². The zero-order valence-corrected chi connectivity index (χ0v) is 16.0. The third-order valence-electron chi connectivity index (χ3n) is 4.94. The first-order valence-corrected chi connectivity index (χ1v) is 8.96. The van der Waals surface area contributed by atoms with Gasteiger partial charge in [0.2, 0.25) is 0 Å². The Kier molecular flexibility index (Phi) is 5.14. The molecule has 0 aliphatic carbocycles. The number of halogens is 4. The molecule has 28 heavy (non-hydrogen) atoms. The molecule has 3 N–H and O–H groups in total. The Labute approximate surface area is 165 Å². The number of nitrogens with one attached hydrogen (secondary N) is 1. The number of carbonyl (C=O) groups is 1. The highest BCUT2D eigenvalue weighted by atomic mass is 35.5. The highest BCUT2D eigenvalue weighted by Gasteiger charge is 2.49. The summed E-state index contributed by atoms with van der Waals surface area (Å²) in [5.41, 5.74) is 2.31. The first-order valence-electron chi connectivity index (χ1n) is 8.59. The molecule has 0 bridgehead atoms. The number of aliphatic imine (C=N–C) groups is 1. The second-order valence-electron chi connectivity index (χ2n) is 7.17. The predicted molar refractivity (Wildman–Crippen MR) is 104 cm³/mol. The largest absolute Gasteiger partial charge is 0.385 e. The predicted octanol–water partition coefficient (Wildman–Crippen LogP) is 4.77. The van der Waals surface area contributed by atoms with E-state index in [-0.39, 0.29) is 17.1 Å². The van der Waals surface area contributed by atoms with E-state index in [0.29, 0.717) is 10.6 Å². The van der Waals surface area contributed by atoms with E-state index in [4.69, 9.17) is 17.3 Å². The zero-order chi connectivity index (χ0) is 20.7. The maximum atomic E-state index is 14.8. The lowest BCUT2D eigenvalue weighted by Crippen LogP contribution is -2.51. The van der Waals surface area contributed by atoms with Gasteiger partial charge in [0.05, 0.1) is 0 Å². The Morgan fingerprint density at radius 2 is 1.89 bits per heavy atom. The molecule has 0 radical (unpaired) electrons. The van der Waals surface area contributed by atoms with Crippen LogP contribution in [0.25, 0.3) is 0 Å². The summed E-state index contributed by atoms with van der Waals surface area (Å²) in [6.45, 7) is 2.49. The summed E-state index contributed by atoms with van der Waals surface area (Å²) in [6.07, 6.45) is -2.34. The number of alkyl halides is 2. The van der Waals surface area contributed by atoms with Crippen LogP contribution in [-0.4, -0.2) is 23.6 Å². The van der Waals surface area contributed by atoms with Crippen molar-refractivity contribution >= 4 is 29.0 Å². The van der Waals surface area contributed by atoms with Crippen LogP contribution in [-0.2, 0) is 5.54 Å². The van der Waals surface area contributed by atoms with Gasteiger partial charge in [-0.15, -0.1) is 0 Å². The number of hydrogen-bond acceptors (Lipinski definition) is 3. The van der Waals surface area contributed by atoms with Crippen LogP contribution in [0.3, 0.4) is 0 Å². The van der Waals surface area contributed by atoms with Gasteiger partial charge < -0.3 is 11.1 Å². The second kappa shape index (κ2) is 7.13. The molecule has 1 heterocycles. The Morgan fingerprint density at radius 3 is 2.54 bits per heavy atom. The second-order valence-corrected chi connectivity index (χ2v) is 7.61.